The monoisotopic (exact) mass is 203 g/mol. The molecule has 4 N–H and O–H groups in total. The SMILES string of the molecule is CC(C)(C)OC(=O)N1C[C@@H](O)[C@@H]([NH3+])C1. The number of likely N-dealkylation sites (tertiary alicyclic amines) is 1. The van der Waals surface area contributed by atoms with E-state index >= 15 is 0 Å². The quantitative estimate of drug-likeness (QED) is 0.541. The first kappa shape index (κ1) is 11.3. The summed E-state index contributed by atoms with van der Waals surface area (Å²) in [6.45, 7) is 6.25. The molecule has 5 nitrogen and oxygen atoms in total. The molecule has 0 aromatic rings. The molecule has 1 aliphatic rings. The third-order valence-corrected chi connectivity index (χ3v) is 2.06. The number of nitrogens with zero attached hydrogens (tertiary/aromatic N) is 1. The van der Waals surface area contributed by atoms with Crippen LogP contribution in [0.3, 0.4) is 0 Å². The van der Waals surface area contributed by atoms with Crippen LogP contribution in [0.1, 0.15) is 20.8 Å². The van der Waals surface area contributed by atoms with E-state index in [2.05, 4.69) is 5.73 Å². The number of carbonyl (C=O) groups excluding carboxylic acids is 1. The van der Waals surface area contributed by atoms with Crippen LogP contribution < -0.4 is 5.73 Å². The second kappa shape index (κ2) is 3.74. The summed E-state index contributed by atoms with van der Waals surface area (Å²) in [7, 11) is 0. The van der Waals surface area contributed by atoms with Crippen LogP contribution >= 0.6 is 0 Å². The fraction of sp³-hybridized carbons (Fsp3) is 0.889. The van der Waals surface area contributed by atoms with E-state index in [-0.39, 0.29) is 12.1 Å². The Kier molecular flexibility index (Phi) is 3.01. The predicted molar refractivity (Wildman–Crippen MR) is 50.5 cm³/mol. The summed E-state index contributed by atoms with van der Waals surface area (Å²) in [5.41, 5.74) is 3.26. The Labute approximate surface area is 83.8 Å². The van der Waals surface area contributed by atoms with Crippen molar-refractivity contribution in [1.29, 1.82) is 0 Å². The molecule has 1 amide bonds. The van der Waals surface area contributed by atoms with Crippen LogP contribution in [-0.4, -0.2) is 46.9 Å². The highest BCUT2D eigenvalue weighted by atomic mass is 16.6. The molecule has 14 heavy (non-hydrogen) atoms. The van der Waals surface area contributed by atoms with Crippen molar-refractivity contribution >= 4 is 6.09 Å². The van der Waals surface area contributed by atoms with Gasteiger partial charge < -0.3 is 15.6 Å². The van der Waals surface area contributed by atoms with Crippen molar-refractivity contribution in [3.8, 4) is 0 Å². The predicted octanol–water partition coefficient (Wildman–Crippen LogP) is -0.791. The number of hydrogen-bond donors (Lipinski definition) is 2. The molecule has 0 aromatic carbocycles. The number of ether oxygens (including phenoxy) is 1. The number of quaternary nitrogens is 1. The number of aliphatic hydroxyl groups excluding tert-OH is 1. The van der Waals surface area contributed by atoms with Gasteiger partial charge in [-0.2, -0.15) is 0 Å². The average Bonchev–Trinajstić information content (AvgIpc) is 2.28. The highest BCUT2D eigenvalue weighted by Gasteiger charge is 2.36. The van der Waals surface area contributed by atoms with Gasteiger partial charge in [0.05, 0.1) is 13.1 Å². The van der Waals surface area contributed by atoms with Gasteiger partial charge in [0.2, 0.25) is 0 Å². The lowest BCUT2D eigenvalue weighted by atomic mass is 10.2. The topological polar surface area (TPSA) is 77.4 Å². The van der Waals surface area contributed by atoms with Gasteiger partial charge in [0, 0.05) is 0 Å². The van der Waals surface area contributed by atoms with Crippen molar-refractivity contribution in [2.45, 2.75) is 38.5 Å². The Balaban J connectivity index is 2.48. The summed E-state index contributed by atoms with van der Waals surface area (Å²) < 4.78 is 5.17. The number of aliphatic hydroxyl groups is 1. The fourth-order valence-corrected chi connectivity index (χ4v) is 1.33. The average molecular weight is 203 g/mol. The molecule has 0 aliphatic carbocycles. The van der Waals surface area contributed by atoms with Gasteiger partial charge in [-0.3, -0.25) is 4.90 Å². The van der Waals surface area contributed by atoms with Crippen LogP contribution in [0.2, 0.25) is 0 Å². The van der Waals surface area contributed by atoms with Gasteiger partial charge in [-0.15, -0.1) is 0 Å². The zero-order valence-corrected chi connectivity index (χ0v) is 8.99. The van der Waals surface area contributed by atoms with Crippen molar-refractivity contribution in [2.24, 2.45) is 0 Å². The summed E-state index contributed by atoms with van der Waals surface area (Å²) in [4.78, 5) is 13.0. The molecule has 0 unspecified atom stereocenters. The van der Waals surface area contributed by atoms with Crippen LogP contribution in [-0.2, 0) is 4.74 Å². The molecular formula is C9H19N2O3+. The van der Waals surface area contributed by atoms with Crippen LogP contribution in [0.4, 0.5) is 4.79 Å². The Bertz CT molecular complexity index is 215. The zero-order valence-electron chi connectivity index (χ0n) is 8.99. The summed E-state index contributed by atoms with van der Waals surface area (Å²) in [5, 5.41) is 9.40. The van der Waals surface area contributed by atoms with Gasteiger partial charge in [0.25, 0.3) is 0 Å². The Hall–Kier alpha value is -0.810. The molecule has 82 valence electrons. The van der Waals surface area contributed by atoms with E-state index in [0.717, 1.165) is 0 Å². The molecule has 0 radical (unpaired) electrons. The fourth-order valence-electron chi connectivity index (χ4n) is 1.33. The summed E-state index contributed by atoms with van der Waals surface area (Å²) in [5.74, 6) is 0. The molecule has 0 aromatic heterocycles. The van der Waals surface area contributed by atoms with Crippen molar-refractivity contribution in [2.75, 3.05) is 13.1 Å². The van der Waals surface area contributed by atoms with E-state index in [1.807, 2.05) is 20.8 Å². The number of hydrogen-bond acceptors (Lipinski definition) is 3. The van der Waals surface area contributed by atoms with E-state index in [0.29, 0.717) is 13.1 Å². The Morgan fingerprint density at radius 1 is 1.50 bits per heavy atom. The molecule has 2 atom stereocenters. The van der Waals surface area contributed by atoms with Gasteiger partial charge in [-0.05, 0) is 20.8 Å². The minimum Gasteiger partial charge on any atom is -0.444 e. The molecular weight excluding hydrogens is 184 g/mol. The van der Waals surface area contributed by atoms with Crippen LogP contribution in [0.25, 0.3) is 0 Å². The molecule has 1 rings (SSSR count). The summed E-state index contributed by atoms with van der Waals surface area (Å²) in [6, 6.07) is -0.109. The maximum Gasteiger partial charge on any atom is 0.410 e. The molecule has 0 bridgehead atoms. The lowest BCUT2D eigenvalue weighted by Gasteiger charge is -2.23. The van der Waals surface area contributed by atoms with Crippen LogP contribution in [0.5, 0.6) is 0 Å². The van der Waals surface area contributed by atoms with Crippen molar-refractivity contribution in [1.82, 2.24) is 4.90 Å². The lowest BCUT2D eigenvalue weighted by Crippen LogP contribution is -2.66. The Morgan fingerprint density at radius 2 is 2.07 bits per heavy atom. The van der Waals surface area contributed by atoms with Gasteiger partial charge in [-0.25, -0.2) is 4.79 Å². The minimum atomic E-state index is -0.525. The highest BCUT2D eigenvalue weighted by molar-refractivity contribution is 5.68. The van der Waals surface area contributed by atoms with E-state index in [1.54, 1.807) is 0 Å². The van der Waals surface area contributed by atoms with Gasteiger partial charge >= 0.3 is 6.09 Å². The van der Waals surface area contributed by atoms with Gasteiger partial charge in [-0.1, -0.05) is 0 Å². The van der Waals surface area contributed by atoms with Crippen molar-refractivity contribution in [3.05, 3.63) is 0 Å². The largest absolute Gasteiger partial charge is 0.444 e. The van der Waals surface area contributed by atoms with E-state index in [9.17, 15) is 9.90 Å². The number of rotatable bonds is 0. The highest BCUT2D eigenvalue weighted by Crippen LogP contribution is 2.13. The van der Waals surface area contributed by atoms with Gasteiger partial charge in [0.1, 0.15) is 17.7 Å². The molecule has 5 heteroatoms. The van der Waals surface area contributed by atoms with Crippen molar-refractivity contribution in [3.63, 3.8) is 0 Å². The zero-order chi connectivity index (χ0) is 10.9. The number of β-amino-alcohol motifs (C(OH)–C–C–N with tert-alkyl or cyclic N) is 1. The standard InChI is InChI=1S/C9H18N2O3/c1-9(2,3)14-8(13)11-4-6(10)7(12)5-11/h6-7,12H,4-5,10H2,1-3H3/p+1/t6-,7+/m0/s1. The number of carbonyl (C=O) groups is 1. The lowest BCUT2D eigenvalue weighted by molar-refractivity contribution is -0.428. The normalized spacial score (nSPS) is 27.9. The first-order valence-corrected chi connectivity index (χ1v) is 4.78. The summed E-state index contributed by atoms with van der Waals surface area (Å²) >= 11 is 0. The van der Waals surface area contributed by atoms with E-state index in [1.165, 1.54) is 4.90 Å². The van der Waals surface area contributed by atoms with Gasteiger partial charge in [0.15, 0.2) is 0 Å². The minimum absolute atomic E-state index is 0.109. The van der Waals surface area contributed by atoms with E-state index in [4.69, 9.17) is 4.74 Å². The first-order valence-electron chi connectivity index (χ1n) is 4.78. The molecule has 1 heterocycles. The first-order chi connectivity index (χ1) is 6.29. The second-order valence-electron chi connectivity index (χ2n) is 4.71. The number of amides is 1. The second-order valence-corrected chi connectivity index (χ2v) is 4.71. The maximum atomic E-state index is 11.5. The molecule has 0 saturated carbocycles. The third kappa shape index (κ3) is 2.85. The molecule has 1 aliphatic heterocycles. The smallest absolute Gasteiger partial charge is 0.410 e. The van der Waals surface area contributed by atoms with Crippen LogP contribution in [0, 0.1) is 0 Å². The Morgan fingerprint density at radius 3 is 2.43 bits per heavy atom. The molecule has 1 saturated heterocycles. The maximum absolute atomic E-state index is 11.5. The molecule has 1 fully saturated rings. The van der Waals surface area contributed by atoms with Crippen LogP contribution in [0.15, 0.2) is 0 Å². The molecule has 0 spiro atoms. The van der Waals surface area contributed by atoms with E-state index < -0.39 is 11.7 Å². The third-order valence-electron chi connectivity index (χ3n) is 2.06. The van der Waals surface area contributed by atoms with Crippen molar-refractivity contribution < 1.29 is 20.4 Å². The summed E-state index contributed by atoms with van der Waals surface area (Å²) in [6.07, 6.45) is -0.898.